The maximum Gasteiger partial charge on any atom is 0.296 e. The van der Waals surface area contributed by atoms with Gasteiger partial charge in [-0.3, -0.25) is 10.1 Å². The summed E-state index contributed by atoms with van der Waals surface area (Å²) in [6, 6.07) is 4.05. The fraction of sp³-hybridized carbons (Fsp3) is 0.0909. The number of pyridine rings is 2. The Hall–Kier alpha value is -1.87. The smallest absolute Gasteiger partial charge is 0.258 e. The van der Waals surface area contributed by atoms with E-state index < -0.39 is 14.8 Å². The quantitative estimate of drug-likeness (QED) is 0.616. The molecule has 2 aromatic rings. The van der Waals surface area contributed by atoms with E-state index in [0.717, 1.165) is 6.26 Å². The Morgan fingerprint density at radius 3 is 2.45 bits per heavy atom. The molecule has 0 radical (unpaired) electrons. The molecule has 2 rings (SSSR count). The topological polar surface area (TPSA) is 103 Å². The van der Waals surface area contributed by atoms with Gasteiger partial charge < -0.3 is 0 Å². The average molecular weight is 358 g/mol. The second-order valence-corrected chi connectivity index (χ2v) is 6.81. The first-order chi connectivity index (χ1) is 9.29. The van der Waals surface area contributed by atoms with Crippen molar-refractivity contribution < 1.29 is 13.3 Å². The number of hydrogen-bond acceptors (Lipinski definition) is 6. The molecular weight excluding hydrogens is 350 g/mol. The lowest BCUT2D eigenvalue weighted by molar-refractivity contribution is -0.384. The molecule has 0 bridgehead atoms. The summed E-state index contributed by atoms with van der Waals surface area (Å²) < 4.78 is 23.1. The van der Waals surface area contributed by atoms with E-state index in [1.165, 1.54) is 30.6 Å². The predicted octanol–water partition coefficient (Wildman–Crippen LogP) is 2.22. The minimum absolute atomic E-state index is 0.0963. The van der Waals surface area contributed by atoms with Crippen LogP contribution >= 0.6 is 15.9 Å². The van der Waals surface area contributed by atoms with Crippen LogP contribution in [-0.4, -0.2) is 29.6 Å². The molecule has 0 aliphatic carbocycles. The fourth-order valence-electron chi connectivity index (χ4n) is 1.53. The zero-order valence-electron chi connectivity index (χ0n) is 10.1. The van der Waals surface area contributed by atoms with E-state index in [9.17, 15) is 18.5 Å². The van der Waals surface area contributed by atoms with Crippen molar-refractivity contribution in [3.8, 4) is 11.3 Å². The van der Waals surface area contributed by atoms with Crippen LogP contribution < -0.4 is 0 Å². The van der Waals surface area contributed by atoms with Gasteiger partial charge in [-0.05, 0) is 28.1 Å². The van der Waals surface area contributed by atoms with Crippen molar-refractivity contribution in [3.63, 3.8) is 0 Å². The van der Waals surface area contributed by atoms with Gasteiger partial charge in [-0.25, -0.2) is 18.4 Å². The molecule has 0 saturated carbocycles. The minimum atomic E-state index is -3.41. The first-order valence-corrected chi connectivity index (χ1v) is 7.94. The van der Waals surface area contributed by atoms with Gasteiger partial charge >= 0.3 is 0 Å². The molecule has 7 nitrogen and oxygen atoms in total. The summed E-state index contributed by atoms with van der Waals surface area (Å²) in [6.07, 6.45) is 3.71. The summed E-state index contributed by atoms with van der Waals surface area (Å²) in [5.74, 6) is 0. The lowest BCUT2D eigenvalue weighted by atomic mass is 10.1. The molecule has 0 aromatic carbocycles. The Morgan fingerprint density at radius 2 is 1.95 bits per heavy atom. The Morgan fingerprint density at radius 1 is 1.25 bits per heavy atom. The van der Waals surface area contributed by atoms with Gasteiger partial charge in [0.15, 0.2) is 14.9 Å². The third-order valence-corrected chi connectivity index (χ3v) is 3.86. The van der Waals surface area contributed by atoms with Crippen LogP contribution in [0, 0.1) is 10.1 Å². The number of aromatic nitrogens is 2. The van der Waals surface area contributed by atoms with Crippen LogP contribution in [0.1, 0.15) is 0 Å². The molecule has 0 amide bonds. The van der Waals surface area contributed by atoms with E-state index in [-0.39, 0.29) is 16.4 Å². The van der Waals surface area contributed by atoms with E-state index in [1.807, 2.05) is 0 Å². The van der Waals surface area contributed by atoms with Crippen LogP contribution in [0.25, 0.3) is 11.3 Å². The van der Waals surface area contributed by atoms with Crippen LogP contribution in [0.3, 0.4) is 0 Å². The zero-order chi connectivity index (χ0) is 14.9. The van der Waals surface area contributed by atoms with E-state index in [4.69, 9.17) is 0 Å². The normalized spacial score (nSPS) is 11.3. The van der Waals surface area contributed by atoms with Gasteiger partial charge in [0.2, 0.25) is 0 Å². The first-order valence-electron chi connectivity index (χ1n) is 5.25. The van der Waals surface area contributed by atoms with Gasteiger partial charge in [0, 0.05) is 34.8 Å². The van der Waals surface area contributed by atoms with E-state index >= 15 is 0 Å². The Balaban J connectivity index is 2.55. The predicted molar refractivity (Wildman–Crippen MR) is 74.9 cm³/mol. The number of nitrogens with zero attached hydrogens (tertiary/aromatic N) is 3. The van der Waals surface area contributed by atoms with E-state index in [1.54, 1.807) is 0 Å². The van der Waals surface area contributed by atoms with Crippen molar-refractivity contribution in [2.75, 3.05) is 6.26 Å². The van der Waals surface area contributed by atoms with Crippen LogP contribution in [0.4, 0.5) is 5.69 Å². The summed E-state index contributed by atoms with van der Waals surface area (Å²) >= 11 is 3.11. The van der Waals surface area contributed by atoms with Gasteiger partial charge in [-0.2, -0.15) is 0 Å². The first kappa shape index (κ1) is 14.5. The third-order valence-electron chi connectivity index (χ3n) is 2.42. The van der Waals surface area contributed by atoms with Gasteiger partial charge in [0.25, 0.3) is 5.69 Å². The average Bonchev–Trinajstić information content (AvgIpc) is 2.37. The molecule has 0 saturated heterocycles. The van der Waals surface area contributed by atoms with Crippen molar-refractivity contribution in [2.45, 2.75) is 5.03 Å². The highest BCUT2D eigenvalue weighted by molar-refractivity contribution is 9.10. The van der Waals surface area contributed by atoms with Crippen molar-refractivity contribution in [1.82, 2.24) is 9.97 Å². The van der Waals surface area contributed by atoms with Crippen LogP contribution in [-0.2, 0) is 9.84 Å². The summed E-state index contributed by atoms with van der Waals surface area (Å²) in [6.45, 7) is 0. The minimum Gasteiger partial charge on any atom is -0.258 e. The molecule has 2 heterocycles. The molecule has 0 N–H and O–H groups in total. The highest BCUT2D eigenvalue weighted by Crippen LogP contribution is 2.29. The van der Waals surface area contributed by atoms with Crippen LogP contribution in [0.5, 0.6) is 0 Å². The van der Waals surface area contributed by atoms with Crippen LogP contribution in [0.15, 0.2) is 40.1 Å². The highest BCUT2D eigenvalue weighted by Gasteiger charge is 2.18. The molecule has 0 atom stereocenters. The molecule has 0 aliphatic heterocycles. The number of rotatable bonds is 3. The highest BCUT2D eigenvalue weighted by atomic mass is 79.9. The van der Waals surface area contributed by atoms with E-state index in [2.05, 4.69) is 25.9 Å². The van der Waals surface area contributed by atoms with Crippen molar-refractivity contribution in [3.05, 3.63) is 45.2 Å². The molecule has 2 aromatic heterocycles. The maximum atomic E-state index is 11.3. The molecule has 0 aliphatic rings. The molecular formula is C11H8BrN3O4S. The third kappa shape index (κ3) is 2.99. The second-order valence-electron chi connectivity index (χ2n) is 3.94. The van der Waals surface area contributed by atoms with Crippen molar-refractivity contribution >= 4 is 31.5 Å². The summed E-state index contributed by atoms with van der Waals surface area (Å²) in [5, 5.41) is 10.9. The molecule has 0 fully saturated rings. The van der Waals surface area contributed by atoms with Gasteiger partial charge in [0.1, 0.15) is 5.69 Å². The fourth-order valence-corrected chi connectivity index (χ4v) is 2.41. The van der Waals surface area contributed by atoms with Gasteiger partial charge in [-0.1, -0.05) is 0 Å². The number of sulfone groups is 1. The number of halogens is 1. The zero-order valence-corrected chi connectivity index (χ0v) is 12.6. The van der Waals surface area contributed by atoms with Gasteiger partial charge in [0.05, 0.1) is 4.92 Å². The summed E-state index contributed by atoms with van der Waals surface area (Å²) in [4.78, 5) is 18.2. The largest absolute Gasteiger partial charge is 0.296 e. The summed E-state index contributed by atoms with van der Waals surface area (Å²) in [7, 11) is -3.41. The Kier molecular flexibility index (Phi) is 3.82. The summed E-state index contributed by atoms with van der Waals surface area (Å²) in [5.41, 5.74) is 0.315. The number of hydrogen-bond donors (Lipinski definition) is 0. The molecule has 0 spiro atoms. The van der Waals surface area contributed by atoms with Crippen LogP contribution in [0.2, 0.25) is 0 Å². The molecule has 9 heteroatoms. The maximum absolute atomic E-state index is 11.3. The Labute approximate surface area is 122 Å². The van der Waals surface area contributed by atoms with Gasteiger partial charge in [-0.15, -0.1) is 0 Å². The van der Waals surface area contributed by atoms with Crippen molar-refractivity contribution in [2.24, 2.45) is 0 Å². The van der Waals surface area contributed by atoms with Crippen molar-refractivity contribution in [1.29, 1.82) is 0 Å². The molecule has 104 valence electrons. The Bertz CT molecular complexity index is 775. The second kappa shape index (κ2) is 5.25. The molecule has 0 unspecified atom stereocenters. The lowest BCUT2D eigenvalue weighted by Gasteiger charge is -2.03. The number of nitro groups is 1. The SMILES string of the molecule is CS(=O)(=O)c1ccc(-c2ncc(Br)cc2[N+](=O)[O-])cn1. The monoisotopic (exact) mass is 357 g/mol. The van der Waals surface area contributed by atoms with E-state index in [0.29, 0.717) is 10.0 Å². The lowest BCUT2D eigenvalue weighted by Crippen LogP contribution is -2.01. The molecule has 20 heavy (non-hydrogen) atoms. The standard InChI is InChI=1S/C11H8BrN3O4S/c1-20(18,19)10-3-2-7(5-13-10)11-9(15(16)17)4-8(12)6-14-11/h2-6H,1H3.